The van der Waals surface area contributed by atoms with Gasteiger partial charge >= 0.3 is 70.0 Å². The summed E-state index contributed by atoms with van der Waals surface area (Å²) in [6, 6.07) is 0. The number of halogens is 4. The quantitative estimate of drug-likeness (QED) is 0.220. The van der Waals surface area contributed by atoms with Crippen LogP contribution in [0.4, 0.5) is 0 Å². The topological polar surface area (TPSA) is 40.5 Å². The Hall–Kier alpha value is 3.26. The minimum absolute atomic E-state index is 0.106. The Kier molecular flexibility index (Phi) is 25.0. The first-order valence-corrected chi connectivity index (χ1v) is 24.0. The van der Waals surface area contributed by atoms with Gasteiger partial charge in [0, 0.05) is 38.9 Å². The summed E-state index contributed by atoms with van der Waals surface area (Å²) in [7, 11) is 18.0. The molecule has 0 saturated heterocycles. The van der Waals surface area contributed by atoms with Crippen LogP contribution < -0.4 is 0 Å². The molecule has 10 heteroatoms. The van der Waals surface area contributed by atoms with E-state index in [1.165, 1.54) is 128 Å². The molecule has 0 amide bonds. The van der Waals surface area contributed by atoms with Gasteiger partial charge in [0.1, 0.15) is 0 Å². The third-order valence-electron chi connectivity index (χ3n) is 7.80. The van der Waals surface area contributed by atoms with Crippen molar-refractivity contribution in [2.24, 2.45) is 0 Å². The van der Waals surface area contributed by atoms with Crippen molar-refractivity contribution in [1.82, 2.24) is 0 Å². The second kappa shape index (κ2) is 24.1. The minimum atomic E-state index is -0.617. The van der Waals surface area contributed by atoms with Gasteiger partial charge in [-0.25, -0.2) is 0 Å². The fourth-order valence-corrected chi connectivity index (χ4v) is 10.7. The predicted molar refractivity (Wildman–Crippen MR) is 149 cm³/mol. The van der Waals surface area contributed by atoms with Gasteiger partial charge in [-0.05, 0) is 51.4 Å². The molecule has 0 radical (unpaired) electrons. The van der Waals surface area contributed by atoms with Gasteiger partial charge in [-0.1, -0.05) is 77.0 Å². The van der Waals surface area contributed by atoms with Crippen molar-refractivity contribution in [2.45, 2.75) is 151 Å². The first-order valence-electron chi connectivity index (χ1n) is 13.2. The Morgan fingerprint density at radius 1 is 0.382 bits per heavy atom. The molecule has 212 valence electrons. The van der Waals surface area contributed by atoms with Gasteiger partial charge in [-0.3, -0.25) is 0 Å². The summed E-state index contributed by atoms with van der Waals surface area (Å²) in [5, 5.41) is 0. The molecule has 4 aliphatic rings. The van der Waals surface area contributed by atoms with E-state index in [1.807, 2.05) is 0 Å². The van der Waals surface area contributed by atoms with E-state index < -0.39 is 16.3 Å². The molecule has 4 fully saturated rings. The normalized spacial score (nSPS) is 23.5. The van der Waals surface area contributed by atoms with E-state index in [9.17, 15) is 9.79 Å². The SMILES string of the molecule is OP(C1CCCCC1)C1CCCCC1.OP(C1CCCCC1)C1CCCCC1.[Cl][Pd][Cl].[Cl][Pd][Cl]. The Balaban J connectivity index is 0.000000277. The molecule has 4 saturated carbocycles. The average molecular weight is 783 g/mol. The fraction of sp³-hybridized carbons (Fsp3) is 1.00. The zero-order chi connectivity index (χ0) is 25.0. The second-order valence-electron chi connectivity index (χ2n) is 10.0. The van der Waals surface area contributed by atoms with Crippen molar-refractivity contribution < 1.29 is 41.7 Å². The molecule has 0 aromatic carbocycles. The van der Waals surface area contributed by atoms with Gasteiger partial charge in [0.25, 0.3) is 0 Å². The number of hydrogen-bond acceptors (Lipinski definition) is 2. The van der Waals surface area contributed by atoms with Crippen molar-refractivity contribution in [1.29, 1.82) is 0 Å². The van der Waals surface area contributed by atoms with E-state index in [-0.39, 0.29) is 31.9 Å². The predicted octanol–water partition coefficient (Wildman–Crippen LogP) is 10.8. The maximum atomic E-state index is 10.4. The number of hydrogen-bond donors (Lipinski definition) is 2. The first-order chi connectivity index (χ1) is 16.6. The van der Waals surface area contributed by atoms with E-state index >= 15 is 0 Å². The Morgan fingerprint density at radius 3 is 0.676 bits per heavy atom. The molecule has 4 aliphatic carbocycles. The van der Waals surface area contributed by atoms with Gasteiger partial charge in [-0.2, -0.15) is 0 Å². The molecule has 2 nitrogen and oxygen atoms in total. The molecule has 0 unspecified atom stereocenters. The summed E-state index contributed by atoms with van der Waals surface area (Å²) < 4.78 is 0. The van der Waals surface area contributed by atoms with E-state index in [2.05, 4.69) is 0 Å². The Morgan fingerprint density at radius 2 is 0.529 bits per heavy atom. The molecular weight excluding hydrogens is 737 g/mol. The monoisotopic (exact) mass is 780 g/mol. The van der Waals surface area contributed by atoms with Crippen molar-refractivity contribution in [2.75, 3.05) is 0 Å². The van der Waals surface area contributed by atoms with Gasteiger partial charge in [-0.15, -0.1) is 0 Å². The molecule has 0 aromatic rings. The van der Waals surface area contributed by atoms with Crippen LogP contribution in [-0.4, -0.2) is 32.4 Å². The van der Waals surface area contributed by atoms with Crippen LogP contribution in [0.1, 0.15) is 128 Å². The van der Waals surface area contributed by atoms with Crippen LogP contribution in [0.15, 0.2) is 0 Å². The zero-order valence-corrected chi connectivity index (χ0v) is 28.3. The van der Waals surface area contributed by atoms with Gasteiger partial charge in [0.15, 0.2) is 0 Å². The van der Waals surface area contributed by atoms with Crippen LogP contribution in [0.3, 0.4) is 0 Å². The van der Waals surface area contributed by atoms with E-state index in [0.29, 0.717) is 22.6 Å². The summed E-state index contributed by atoms with van der Waals surface area (Å²) >= 11 is -0.211. The third-order valence-corrected chi connectivity index (χ3v) is 12.9. The summed E-state index contributed by atoms with van der Waals surface area (Å²) in [6.45, 7) is 0. The van der Waals surface area contributed by atoms with Crippen LogP contribution in [-0.2, 0) is 31.9 Å². The molecule has 0 spiro atoms. The second-order valence-corrected chi connectivity index (χ2v) is 19.2. The van der Waals surface area contributed by atoms with Gasteiger partial charge < -0.3 is 9.79 Å². The standard InChI is InChI=1S/2C12H23OP.4ClH.2Pd/c2*13-14(11-7-3-1-4-8-11)12-9-5-2-6-10-12;;;;;;/h2*11-13H,1-10H2;4*1H;;/q;;;;;;2*+2/p-4. The van der Waals surface area contributed by atoms with Crippen molar-refractivity contribution in [3.8, 4) is 0 Å². The van der Waals surface area contributed by atoms with E-state index in [1.54, 1.807) is 0 Å². The van der Waals surface area contributed by atoms with Crippen LogP contribution in [0.2, 0.25) is 0 Å². The molecule has 2 N–H and O–H groups in total. The average Bonchev–Trinajstić information content (AvgIpc) is 2.91. The van der Waals surface area contributed by atoms with Crippen LogP contribution in [0, 0.1) is 0 Å². The third kappa shape index (κ3) is 15.8. The molecule has 4 rings (SSSR count). The fourth-order valence-electron chi connectivity index (χ4n) is 5.98. The summed E-state index contributed by atoms with van der Waals surface area (Å²) in [5.41, 5.74) is 2.84. The number of rotatable bonds is 4. The zero-order valence-electron chi connectivity index (χ0n) is 20.4. The molecule has 0 aromatic heterocycles. The molecule has 0 aliphatic heterocycles. The van der Waals surface area contributed by atoms with Crippen molar-refractivity contribution in [3.05, 3.63) is 0 Å². The molecule has 0 atom stereocenters. The van der Waals surface area contributed by atoms with Crippen LogP contribution in [0.25, 0.3) is 0 Å². The van der Waals surface area contributed by atoms with E-state index in [0.717, 1.165) is 0 Å². The first kappa shape index (κ1) is 35.3. The van der Waals surface area contributed by atoms with Crippen molar-refractivity contribution in [3.63, 3.8) is 0 Å². The summed E-state index contributed by atoms with van der Waals surface area (Å²) in [6.07, 6.45) is 27.1. The Labute approximate surface area is 245 Å². The van der Waals surface area contributed by atoms with E-state index in [4.69, 9.17) is 38.1 Å². The van der Waals surface area contributed by atoms with Crippen molar-refractivity contribution >= 4 is 54.4 Å². The molecular formula is C24H46Cl4O2P2Pd2. The molecule has 0 heterocycles. The van der Waals surface area contributed by atoms with Gasteiger partial charge in [0.05, 0.1) is 0 Å². The summed E-state index contributed by atoms with van der Waals surface area (Å²) in [5.74, 6) is 0. The molecule has 34 heavy (non-hydrogen) atoms. The van der Waals surface area contributed by atoms with Gasteiger partial charge in [0.2, 0.25) is 0 Å². The molecule has 0 bridgehead atoms. The maximum absolute atomic E-state index is 10.4. The van der Waals surface area contributed by atoms with Crippen LogP contribution in [0.5, 0.6) is 0 Å². The van der Waals surface area contributed by atoms with Crippen LogP contribution >= 0.6 is 54.4 Å². The Bertz CT molecular complexity index is 375. The summed E-state index contributed by atoms with van der Waals surface area (Å²) in [4.78, 5) is 20.7.